The highest BCUT2D eigenvalue weighted by Crippen LogP contribution is 2.41. The summed E-state index contributed by atoms with van der Waals surface area (Å²) in [5.74, 6) is 0.253. The molecule has 1 aromatic heterocycles. The molecule has 2 heterocycles. The van der Waals surface area contributed by atoms with Gasteiger partial charge in [-0.05, 0) is 54.4 Å². The van der Waals surface area contributed by atoms with Gasteiger partial charge in [-0.25, -0.2) is 0 Å². The van der Waals surface area contributed by atoms with E-state index in [-0.39, 0.29) is 17.9 Å². The Labute approximate surface area is 203 Å². The number of methoxy groups -OCH3 is 2. The van der Waals surface area contributed by atoms with Crippen LogP contribution in [0.15, 0.2) is 70.9 Å². The van der Waals surface area contributed by atoms with Gasteiger partial charge in [-0.3, -0.25) is 9.59 Å². The minimum Gasteiger partial charge on any atom is -0.507 e. The van der Waals surface area contributed by atoms with Gasteiger partial charge in [0.15, 0.2) is 11.5 Å². The van der Waals surface area contributed by atoms with Gasteiger partial charge in [0.05, 0.1) is 45.2 Å². The molecule has 0 saturated carbocycles. The second kappa shape index (κ2) is 10.4. The highest BCUT2D eigenvalue weighted by molar-refractivity contribution is 6.46. The lowest BCUT2D eigenvalue weighted by molar-refractivity contribution is -0.140. The number of hydrogen-bond donors (Lipinski definition) is 1. The Morgan fingerprint density at radius 1 is 1.03 bits per heavy atom. The number of nitrogens with zero attached hydrogens (tertiary/aromatic N) is 1. The average molecular weight is 478 g/mol. The van der Waals surface area contributed by atoms with Gasteiger partial charge in [0.25, 0.3) is 11.7 Å². The zero-order valence-electron chi connectivity index (χ0n) is 19.8. The van der Waals surface area contributed by atoms with Crippen LogP contribution in [0.3, 0.4) is 0 Å². The van der Waals surface area contributed by atoms with Crippen LogP contribution < -0.4 is 14.2 Å². The number of amides is 1. The van der Waals surface area contributed by atoms with Crippen molar-refractivity contribution in [2.24, 2.45) is 0 Å². The topological polar surface area (TPSA) is 98.4 Å². The number of aliphatic hydroxyl groups is 1. The summed E-state index contributed by atoms with van der Waals surface area (Å²) in [7, 11) is 2.98. The van der Waals surface area contributed by atoms with E-state index in [1.807, 2.05) is 6.92 Å². The summed E-state index contributed by atoms with van der Waals surface area (Å²) in [4.78, 5) is 27.7. The van der Waals surface area contributed by atoms with E-state index in [1.54, 1.807) is 54.6 Å². The molecule has 1 unspecified atom stereocenters. The van der Waals surface area contributed by atoms with E-state index in [2.05, 4.69) is 0 Å². The van der Waals surface area contributed by atoms with E-state index >= 15 is 0 Å². The molecule has 1 fully saturated rings. The molecule has 1 aliphatic rings. The summed E-state index contributed by atoms with van der Waals surface area (Å²) in [6.45, 7) is 2.67. The van der Waals surface area contributed by atoms with E-state index in [1.165, 1.54) is 25.4 Å². The van der Waals surface area contributed by atoms with Gasteiger partial charge in [-0.15, -0.1) is 0 Å². The van der Waals surface area contributed by atoms with Crippen molar-refractivity contribution in [1.29, 1.82) is 0 Å². The Balaban J connectivity index is 1.82. The fourth-order valence-electron chi connectivity index (χ4n) is 4.07. The predicted octanol–water partition coefficient (Wildman–Crippen LogP) is 4.71. The third-order valence-electron chi connectivity index (χ3n) is 5.77. The van der Waals surface area contributed by atoms with Crippen LogP contribution in [0.2, 0.25) is 0 Å². The van der Waals surface area contributed by atoms with Crippen LogP contribution in [-0.2, 0) is 16.1 Å². The quantitative estimate of drug-likeness (QED) is 0.271. The fourth-order valence-corrected chi connectivity index (χ4v) is 4.07. The lowest BCUT2D eigenvalue weighted by Gasteiger charge is -2.24. The van der Waals surface area contributed by atoms with Crippen molar-refractivity contribution in [3.63, 3.8) is 0 Å². The van der Waals surface area contributed by atoms with E-state index in [0.717, 1.165) is 6.42 Å². The molecule has 1 atom stereocenters. The molecule has 0 bridgehead atoms. The van der Waals surface area contributed by atoms with E-state index in [9.17, 15) is 14.7 Å². The molecule has 0 aliphatic carbocycles. The first-order chi connectivity index (χ1) is 17.0. The van der Waals surface area contributed by atoms with Gasteiger partial charge < -0.3 is 28.6 Å². The maximum Gasteiger partial charge on any atom is 0.296 e. The molecular weight excluding hydrogens is 450 g/mol. The number of carbonyl (C=O) groups is 2. The number of carbonyl (C=O) groups excluding carboxylic acids is 2. The Bertz CT molecular complexity index is 1230. The summed E-state index contributed by atoms with van der Waals surface area (Å²) in [6, 6.07) is 14.6. The lowest BCUT2D eigenvalue weighted by Crippen LogP contribution is -2.29. The van der Waals surface area contributed by atoms with Gasteiger partial charge in [0.1, 0.15) is 17.3 Å². The third kappa shape index (κ3) is 4.73. The van der Waals surface area contributed by atoms with E-state index < -0.39 is 17.7 Å². The van der Waals surface area contributed by atoms with E-state index in [4.69, 9.17) is 18.6 Å². The van der Waals surface area contributed by atoms with Gasteiger partial charge in [0.2, 0.25) is 0 Å². The summed E-state index contributed by atoms with van der Waals surface area (Å²) < 4.78 is 21.7. The summed E-state index contributed by atoms with van der Waals surface area (Å²) in [5.41, 5.74) is 0.962. The molecule has 35 heavy (non-hydrogen) atoms. The maximum absolute atomic E-state index is 13.2. The monoisotopic (exact) mass is 477 g/mol. The van der Waals surface area contributed by atoms with Crippen molar-refractivity contribution < 1.29 is 33.3 Å². The van der Waals surface area contributed by atoms with Gasteiger partial charge in [-0.1, -0.05) is 19.1 Å². The highest BCUT2D eigenvalue weighted by atomic mass is 16.5. The lowest BCUT2D eigenvalue weighted by atomic mass is 9.95. The minimum absolute atomic E-state index is 0.0176. The van der Waals surface area contributed by atoms with Crippen molar-refractivity contribution in [1.82, 2.24) is 4.90 Å². The van der Waals surface area contributed by atoms with Crippen molar-refractivity contribution in [2.75, 3.05) is 20.8 Å². The van der Waals surface area contributed by atoms with E-state index in [0.29, 0.717) is 40.7 Å². The number of benzene rings is 2. The summed E-state index contributed by atoms with van der Waals surface area (Å²) in [6.07, 6.45) is 2.38. The molecule has 0 radical (unpaired) electrons. The first-order valence-corrected chi connectivity index (χ1v) is 11.2. The van der Waals surface area contributed by atoms with Crippen molar-refractivity contribution in [3.05, 3.63) is 83.3 Å². The predicted molar refractivity (Wildman–Crippen MR) is 128 cm³/mol. The second-order valence-electron chi connectivity index (χ2n) is 7.99. The largest absolute Gasteiger partial charge is 0.507 e. The van der Waals surface area contributed by atoms with Crippen LogP contribution in [0.5, 0.6) is 17.2 Å². The van der Waals surface area contributed by atoms with Crippen LogP contribution in [0, 0.1) is 0 Å². The van der Waals surface area contributed by atoms with Gasteiger partial charge >= 0.3 is 0 Å². The Kier molecular flexibility index (Phi) is 7.10. The van der Waals surface area contributed by atoms with Crippen LogP contribution >= 0.6 is 0 Å². The molecule has 8 nitrogen and oxygen atoms in total. The van der Waals surface area contributed by atoms with Crippen LogP contribution in [-0.4, -0.2) is 42.5 Å². The van der Waals surface area contributed by atoms with Crippen molar-refractivity contribution in [3.8, 4) is 17.2 Å². The molecule has 4 rings (SSSR count). The number of rotatable bonds is 9. The number of aliphatic hydroxyl groups excluding tert-OH is 1. The zero-order valence-corrected chi connectivity index (χ0v) is 19.8. The molecule has 1 N–H and O–H groups in total. The number of likely N-dealkylation sites (tertiary alicyclic amines) is 1. The first-order valence-electron chi connectivity index (χ1n) is 11.2. The zero-order chi connectivity index (χ0) is 24.9. The summed E-state index contributed by atoms with van der Waals surface area (Å²) >= 11 is 0. The van der Waals surface area contributed by atoms with Crippen molar-refractivity contribution >= 4 is 17.4 Å². The maximum atomic E-state index is 13.2. The Morgan fingerprint density at radius 3 is 2.40 bits per heavy atom. The normalized spacial score (nSPS) is 17.0. The molecule has 1 amide bonds. The SMILES string of the molecule is CCCOc1ccc(C2/C(=C(/O)c3ccc(OC)c(OC)c3)C(=O)C(=O)N2Cc2ccco2)cc1. The molecule has 1 saturated heterocycles. The molecule has 182 valence electrons. The molecule has 2 aromatic carbocycles. The number of furan rings is 1. The smallest absolute Gasteiger partial charge is 0.296 e. The Morgan fingerprint density at radius 2 is 1.77 bits per heavy atom. The number of ether oxygens (including phenoxy) is 3. The second-order valence-corrected chi connectivity index (χ2v) is 7.99. The standard InChI is InChI=1S/C27H27NO7/c1-4-13-34-19-10-7-17(8-11-19)24-23(25(29)18-9-12-21(32-2)22(15-18)33-3)26(30)27(31)28(24)16-20-6-5-14-35-20/h5-12,14-15,24,29H,4,13,16H2,1-3H3/b25-23-. The number of ketones is 1. The number of hydrogen-bond acceptors (Lipinski definition) is 7. The third-order valence-corrected chi connectivity index (χ3v) is 5.77. The van der Waals surface area contributed by atoms with Crippen LogP contribution in [0.4, 0.5) is 0 Å². The van der Waals surface area contributed by atoms with Crippen LogP contribution in [0.1, 0.15) is 36.3 Å². The van der Waals surface area contributed by atoms with Crippen LogP contribution in [0.25, 0.3) is 5.76 Å². The first kappa shape index (κ1) is 23.9. The fraction of sp³-hybridized carbons (Fsp3) is 0.259. The number of Topliss-reactive ketones (excluding diaryl/α,β-unsaturated/α-hetero) is 1. The Hall–Kier alpha value is -4.20. The van der Waals surface area contributed by atoms with Gasteiger partial charge in [0, 0.05) is 5.56 Å². The molecular formula is C27H27NO7. The highest BCUT2D eigenvalue weighted by Gasteiger charge is 2.46. The average Bonchev–Trinajstić information content (AvgIpc) is 3.49. The molecule has 3 aromatic rings. The molecule has 1 aliphatic heterocycles. The van der Waals surface area contributed by atoms with Crippen molar-refractivity contribution in [2.45, 2.75) is 25.9 Å². The minimum atomic E-state index is -0.826. The summed E-state index contributed by atoms with van der Waals surface area (Å²) in [5, 5.41) is 11.3. The van der Waals surface area contributed by atoms with Gasteiger partial charge in [-0.2, -0.15) is 0 Å². The molecule has 8 heteroatoms. The molecule has 0 spiro atoms.